The van der Waals surface area contributed by atoms with Crippen LogP contribution in [-0.4, -0.2) is 22.1 Å². The largest absolute Gasteiger partial charge is 0.365 e. The molecule has 1 N–H and O–H groups in total. The first-order valence-corrected chi connectivity index (χ1v) is 8.02. The van der Waals surface area contributed by atoms with Crippen molar-refractivity contribution in [3.8, 4) is 5.69 Å². The van der Waals surface area contributed by atoms with Crippen molar-refractivity contribution in [1.82, 2.24) is 9.78 Å². The zero-order valence-corrected chi connectivity index (χ0v) is 13.2. The molecule has 0 radical (unpaired) electrons. The maximum absolute atomic E-state index is 12.7. The standard InChI is InChI=1S/C20H15N3O/c1-12-17-18-14-9-5-6-10-15(14)19(24)16(18)11-21-20(17)23(22-12)13-7-3-2-4-8-13/h2-10,21H,11H2,1H3. The fourth-order valence-corrected chi connectivity index (χ4v) is 3.71. The zero-order valence-electron chi connectivity index (χ0n) is 13.2. The number of rotatable bonds is 1. The molecule has 24 heavy (non-hydrogen) atoms. The second-order valence-electron chi connectivity index (χ2n) is 6.14. The lowest BCUT2D eigenvalue weighted by Crippen LogP contribution is -2.18. The van der Waals surface area contributed by atoms with Gasteiger partial charge in [0, 0.05) is 28.8 Å². The van der Waals surface area contributed by atoms with Crippen LogP contribution in [0.2, 0.25) is 0 Å². The summed E-state index contributed by atoms with van der Waals surface area (Å²) in [6, 6.07) is 17.9. The molecule has 0 fully saturated rings. The summed E-state index contributed by atoms with van der Waals surface area (Å²) in [5.41, 5.74) is 6.69. The van der Waals surface area contributed by atoms with Gasteiger partial charge in [-0.05, 0) is 24.6 Å². The number of aromatic nitrogens is 2. The first-order chi connectivity index (χ1) is 11.8. The summed E-state index contributed by atoms with van der Waals surface area (Å²) in [5, 5.41) is 8.14. The van der Waals surface area contributed by atoms with Crippen LogP contribution >= 0.6 is 0 Å². The Bertz CT molecular complexity index is 1030. The molecule has 0 unspecified atom stereocenters. The molecule has 0 saturated heterocycles. The van der Waals surface area contributed by atoms with E-state index in [1.165, 1.54) is 0 Å². The molecule has 2 aromatic carbocycles. The number of Topliss-reactive ketones (excluding diaryl/α,β-unsaturated/α-hetero) is 1. The lowest BCUT2D eigenvalue weighted by molar-refractivity contribution is 0.103. The van der Waals surface area contributed by atoms with Gasteiger partial charge in [0.05, 0.1) is 11.4 Å². The lowest BCUT2D eigenvalue weighted by Gasteiger charge is -2.19. The van der Waals surface area contributed by atoms with Crippen LogP contribution in [0.25, 0.3) is 11.3 Å². The van der Waals surface area contributed by atoms with Crippen LogP contribution < -0.4 is 5.32 Å². The van der Waals surface area contributed by atoms with Crippen LogP contribution in [0.4, 0.5) is 5.82 Å². The molecule has 2 heterocycles. The molecular formula is C20H15N3O. The Labute approximate surface area is 139 Å². The number of benzene rings is 2. The van der Waals surface area contributed by atoms with Gasteiger partial charge in [-0.3, -0.25) is 4.79 Å². The highest BCUT2D eigenvalue weighted by Gasteiger charge is 2.36. The number of anilines is 1. The summed E-state index contributed by atoms with van der Waals surface area (Å²) in [6.45, 7) is 2.54. The van der Waals surface area contributed by atoms with Gasteiger partial charge in [0.25, 0.3) is 0 Å². The number of nitrogens with one attached hydrogen (secondary N) is 1. The minimum absolute atomic E-state index is 0.130. The van der Waals surface area contributed by atoms with E-state index in [1.54, 1.807) is 0 Å². The number of para-hydroxylation sites is 1. The normalized spacial score (nSPS) is 15.0. The van der Waals surface area contributed by atoms with E-state index < -0.39 is 0 Å². The van der Waals surface area contributed by atoms with E-state index >= 15 is 0 Å². The first kappa shape index (κ1) is 13.3. The number of carbonyl (C=O) groups is 1. The molecule has 4 heteroatoms. The third-order valence-electron chi connectivity index (χ3n) is 4.76. The molecule has 0 bridgehead atoms. The number of aryl methyl sites for hydroxylation is 1. The van der Waals surface area contributed by atoms with Crippen molar-refractivity contribution in [2.24, 2.45) is 0 Å². The predicted molar refractivity (Wildman–Crippen MR) is 93.6 cm³/mol. The van der Waals surface area contributed by atoms with Crippen molar-refractivity contribution < 1.29 is 4.79 Å². The SMILES string of the molecule is Cc1nn(-c2ccccc2)c2c1C1=C(CN2)C(=O)c2ccccc21. The fourth-order valence-electron chi connectivity index (χ4n) is 3.71. The Balaban J connectivity index is 1.78. The van der Waals surface area contributed by atoms with Crippen molar-refractivity contribution in [1.29, 1.82) is 0 Å². The maximum atomic E-state index is 12.7. The minimum Gasteiger partial charge on any atom is -0.365 e. The third-order valence-corrected chi connectivity index (χ3v) is 4.76. The average molecular weight is 313 g/mol. The van der Waals surface area contributed by atoms with Gasteiger partial charge in [0.1, 0.15) is 5.82 Å². The van der Waals surface area contributed by atoms with Crippen molar-refractivity contribution in [3.05, 3.63) is 82.6 Å². The van der Waals surface area contributed by atoms with Crippen LogP contribution in [0.15, 0.2) is 60.2 Å². The van der Waals surface area contributed by atoms with Crippen LogP contribution in [0.5, 0.6) is 0 Å². The van der Waals surface area contributed by atoms with E-state index in [0.717, 1.165) is 45.0 Å². The maximum Gasteiger partial charge on any atom is 0.192 e. The van der Waals surface area contributed by atoms with Crippen molar-refractivity contribution in [3.63, 3.8) is 0 Å². The zero-order chi connectivity index (χ0) is 16.3. The fraction of sp³-hybridized carbons (Fsp3) is 0.100. The highest BCUT2D eigenvalue weighted by atomic mass is 16.1. The minimum atomic E-state index is 0.130. The molecule has 0 amide bonds. The summed E-state index contributed by atoms with van der Waals surface area (Å²) >= 11 is 0. The third kappa shape index (κ3) is 1.62. The lowest BCUT2D eigenvalue weighted by atomic mass is 9.95. The predicted octanol–water partition coefficient (Wildman–Crippen LogP) is 3.60. The molecule has 3 aromatic rings. The van der Waals surface area contributed by atoms with E-state index in [-0.39, 0.29) is 5.78 Å². The summed E-state index contributed by atoms with van der Waals surface area (Å²) in [4.78, 5) is 12.7. The Kier molecular flexibility index (Phi) is 2.59. The van der Waals surface area contributed by atoms with Crippen LogP contribution in [0, 0.1) is 6.92 Å². The van der Waals surface area contributed by atoms with Gasteiger partial charge in [0.15, 0.2) is 5.78 Å². The number of fused-ring (bicyclic) bond motifs is 4. The average Bonchev–Trinajstić information content (AvgIpc) is 3.12. The van der Waals surface area contributed by atoms with Crippen molar-refractivity contribution >= 4 is 17.2 Å². The van der Waals surface area contributed by atoms with E-state index in [9.17, 15) is 4.79 Å². The molecule has 116 valence electrons. The number of hydrogen-bond donors (Lipinski definition) is 1. The Morgan fingerprint density at radius 2 is 1.71 bits per heavy atom. The quantitative estimate of drug-likeness (QED) is 0.746. The van der Waals surface area contributed by atoms with Gasteiger partial charge in [-0.15, -0.1) is 0 Å². The second-order valence-corrected chi connectivity index (χ2v) is 6.14. The highest BCUT2D eigenvalue weighted by Crippen LogP contribution is 2.44. The first-order valence-electron chi connectivity index (χ1n) is 8.02. The van der Waals surface area contributed by atoms with Gasteiger partial charge in [-0.25, -0.2) is 4.68 Å². The number of nitrogens with zero attached hydrogens (tertiary/aromatic N) is 2. The molecule has 0 spiro atoms. The molecule has 5 rings (SSSR count). The van der Waals surface area contributed by atoms with Crippen molar-refractivity contribution in [2.45, 2.75) is 6.92 Å². The molecular weight excluding hydrogens is 298 g/mol. The van der Waals surface area contributed by atoms with Gasteiger partial charge in [0.2, 0.25) is 0 Å². The van der Waals surface area contributed by atoms with E-state index in [0.29, 0.717) is 6.54 Å². The summed E-state index contributed by atoms with van der Waals surface area (Å²) in [6.07, 6.45) is 0. The molecule has 1 aromatic heterocycles. The van der Waals surface area contributed by atoms with Crippen LogP contribution in [0.3, 0.4) is 0 Å². The summed E-state index contributed by atoms with van der Waals surface area (Å²) in [7, 11) is 0. The number of ketones is 1. The van der Waals surface area contributed by atoms with Crippen LogP contribution in [-0.2, 0) is 0 Å². The smallest absolute Gasteiger partial charge is 0.192 e. The van der Waals surface area contributed by atoms with Gasteiger partial charge >= 0.3 is 0 Å². The van der Waals surface area contributed by atoms with E-state index in [4.69, 9.17) is 5.10 Å². The molecule has 1 aliphatic heterocycles. The highest BCUT2D eigenvalue weighted by molar-refractivity contribution is 6.24. The van der Waals surface area contributed by atoms with E-state index in [1.807, 2.05) is 66.2 Å². The Hall–Kier alpha value is -3.14. The topological polar surface area (TPSA) is 46.9 Å². The second kappa shape index (κ2) is 4.68. The summed E-state index contributed by atoms with van der Waals surface area (Å²) < 4.78 is 1.93. The molecule has 2 aliphatic rings. The van der Waals surface area contributed by atoms with Crippen LogP contribution in [0.1, 0.15) is 27.2 Å². The van der Waals surface area contributed by atoms with Crippen molar-refractivity contribution in [2.75, 3.05) is 11.9 Å². The number of carbonyl (C=O) groups excluding carboxylic acids is 1. The molecule has 4 nitrogen and oxygen atoms in total. The van der Waals surface area contributed by atoms with Gasteiger partial charge in [-0.2, -0.15) is 5.10 Å². The van der Waals surface area contributed by atoms with Gasteiger partial charge < -0.3 is 5.32 Å². The summed E-state index contributed by atoms with van der Waals surface area (Å²) in [5.74, 6) is 1.09. The number of hydrogen-bond acceptors (Lipinski definition) is 3. The van der Waals surface area contributed by atoms with Gasteiger partial charge in [-0.1, -0.05) is 42.5 Å². The Morgan fingerprint density at radius 3 is 2.50 bits per heavy atom. The molecule has 0 saturated carbocycles. The molecule has 0 atom stereocenters. The monoisotopic (exact) mass is 313 g/mol. The van der Waals surface area contributed by atoms with E-state index in [2.05, 4.69) is 5.32 Å². The Morgan fingerprint density at radius 1 is 1.00 bits per heavy atom. The molecule has 1 aliphatic carbocycles.